The number of thioether (sulfide) groups is 1. The molecule has 0 radical (unpaired) electrons. The summed E-state index contributed by atoms with van der Waals surface area (Å²) >= 11 is 1.55. The minimum Gasteiger partial charge on any atom is -0.448 e. The average molecular weight is 354 g/mol. The van der Waals surface area contributed by atoms with Gasteiger partial charge in [-0.1, -0.05) is 32.8 Å². The first-order valence-electron chi connectivity index (χ1n) is 8.16. The number of carbonyl (C=O) groups is 2. The van der Waals surface area contributed by atoms with Crippen LogP contribution in [-0.4, -0.2) is 31.7 Å². The summed E-state index contributed by atoms with van der Waals surface area (Å²) in [5.74, 6) is 0. The molecule has 6 nitrogen and oxygen atoms in total. The smallest absolute Gasteiger partial charge is 0.433 e. The Balaban J connectivity index is 2.81. The van der Waals surface area contributed by atoms with Crippen LogP contribution in [0.2, 0.25) is 0 Å². The largest absolute Gasteiger partial charge is 0.448 e. The van der Waals surface area contributed by atoms with E-state index >= 15 is 0 Å². The van der Waals surface area contributed by atoms with Crippen molar-refractivity contribution in [1.29, 1.82) is 0 Å². The fourth-order valence-corrected chi connectivity index (χ4v) is 2.22. The van der Waals surface area contributed by atoms with E-state index in [4.69, 9.17) is 9.47 Å². The molecular weight excluding hydrogens is 328 g/mol. The van der Waals surface area contributed by atoms with Gasteiger partial charge < -0.3 is 9.47 Å². The van der Waals surface area contributed by atoms with Gasteiger partial charge in [0.25, 0.3) is 0 Å². The Hall–Kier alpha value is -1.89. The summed E-state index contributed by atoms with van der Waals surface area (Å²) in [5.41, 5.74) is 2.98. The van der Waals surface area contributed by atoms with Crippen LogP contribution in [0.15, 0.2) is 29.2 Å². The predicted octanol–water partition coefficient (Wildman–Crippen LogP) is 4.59. The van der Waals surface area contributed by atoms with E-state index < -0.39 is 12.2 Å². The topological polar surface area (TPSA) is 67.9 Å². The molecule has 0 aliphatic heterocycles. The summed E-state index contributed by atoms with van der Waals surface area (Å²) in [4.78, 5) is 25.2. The van der Waals surface area contributed by atoms with Crippen molar-refractivity contribution in [2.75, 3.05) is 24.5 Å². The van der Waals surface area contributed by atoms with E-state index in [1.54, 1.807) is 23.9 Å². The van der Waals surface area contributed by atoms with Crippen LogP contribution in [0.5, 0.6) is 0 Å². The maximum atomic E-state index is 12.3. The van der Waals surface area contributed by atoms with Crippen molar-refractivity contribution in [2.45, 2.75) is 44.4 Å². The third-order valence-electron chi connectivity index (χ3n) is 3.15. The molecule has 0 fully saturated rings. The Bertz CT molecular complexity index is 525. The van der Waals surface area contributed by atoms with Crippen molar-refractivity contribution in [2.24, 2.45) is 0 Å². The Morgan fingerprint density at radius 1 is 1.12 bits per heavy atom. The first kappa shape index (κ1) is 20.2. The van der Waals surface area contributed by atoms with Crippen LogP contribution in [0.1, 0.15) is 39.5 Å². The fraction of sp³-hybridized carbons (Fsp3) is 0.529. The lowest BCUT2D eigenvalue weighted by molar-refractivity contribution is 0.131. The van der Waals surface area contributed by atoms with Crippen molar-refractivity contribution in [3.63, 3.8) is 0 Å². The van der Waals surface area contributed by atoms with E-state index in [1.807, 2.05) is 32.2 Å². The van der Waals surface area contributed by atoms with E-state index in [1.165, 1.54) is 0 Å². The van der Waals surface area contributed by atoms with Crippen LogP contribution in [0.3, 0.4) is 0 Å². The number of hydrogen-bond donors (Lipinski definition) is 1. The second-order valence-corrected chi connectivity index (χ2v) is 5.99. The average Bonchev–Trinajstić information content (AvgIpc) is 2.60. The molecule has 0 aromatic heterocycles. The Kier molecular flexibility index (Phi) is 9.76. The molecule has 0 saturated carbocycles. The van der Waals surface area contributed by atoms with E-state index in [0.29, 0.717) is 18.9 Å². The second kappa shape index (κ2) is 11.6. The predicted molar refractivity (Wildman–Crippen MR) is 96.3 cm³/mol. The molecule has 0 spiro atoms. The van der Waals surface area contributed by atoms with Crippen molar-refractivity contribution < 1.29 is 19.1 Å². The first-order chi connectivity index (χ1) is 11.6. The zero-order valence-corrected chi connectivity index (χ0v) is 15.4. The molecular formula is C17H26N2O4S. The molecule has 24 heavy (non-hydrogen) atoms. The van der Waals surface area contributed by atoms with Crippen molar-refractivity contribution in [1.82, 2.24) is 5.43 Å². The number of unbranched alkanes of at least 4 members (excludes halogenated alkanes) is 2. The lowest BCUT2D eigenvalue weighted by atomic mass is 10.3. The summed E-state index contributed by atoms with van der Waals surface area (Å²) in [7, 11) is 0. The molecule has 1 aromatic carbocycles. The highest BCUT2D eigenvalue weighted by Gasteiger charge is 2.21. The maximum Gasteiger partial charge on any atom is 0.433 e. The third kappa shape index (κ3) is 7.12. The maximum absolute atomic E-state index is 12.3. The standard InChI is InChI=1S/C17H26N2O4S/c1-4-6-11-22-16(20)18-19(17(21)23-12-7-5-2)14-9-8-10-15(13-14)24-3/h8-10,13H,4-7,11-12H2,1-3H3,(H,18,20). The molecule has 0 aliphatic rings. The molecule has 0 unspecified atom stereocenters. The molecule has 0 aliphatic carbocycles. The number of anilines is 1. The number of benzene rings is 1. The molecule has 0 atom stereocenters. The van der Waals surface area contributed by atoms with Gasteiger partial charge in [-0.3, -0.25) is 0 Å². The zero-order valence-electron chi connectivity index (χ0n) is 14.5. The van der Waals surface area contributed by atoms with Gasteiger partial charge in [-0.05, 0) is 37.3 Å². The minimum atomic E-state index is -0.676. The Labute approximate surface area is 147 Å². The van der Waals surface area contributed by atoms with Gasteiger partial charge in [-0.2, -0.15) is 5.01 Å². The molecule has 1 N–H and O–H groups in total. The summed E-state index contributed by atoms with van der Waals surface area (Å²) < 4.78 is 10.3. The SMILES string of the molecule is CCCCOC(=O)NN(C(=O)OCCCC)c1cccc(SC)c1. The molecule has 1 rings (SSSR count). The molecule has 2 amide bonds. The highest BCUT2D eigenvalue weighted by molar-refractivity contribution is 7.98. The fourth-order valence-electron chi connectivity index (χ4n) is 1.77. The number of hydrogen-bond acceptors (Lipinski definition) is 5. The molecule has 0 saturated heterocycles. The minimum absolute atomic E-state index is 0.306. The molecule has 7 heteroatoms. The number of ether oxygens (including phenoxy) is 2. The van der Waals surface area contributed by atoms with Gasteiger partial charge in [0.15, 0.2) is 0 Å². The second-order valence-electron chi connectivity index (χ2n) is 5.11. The van der Waals surface area contributed by atoms with Crippen LogP contribution in [0.25, 0.3) is 0 Å². The Morgan fingerprint density at radius 3 is 2.42 bits per heavy atom. The van der Waals surface area contributed by atoms with Crippen LogP contribution < -0.4 is 10.4 Å². The number of nitrogens with zero attached hydrogens (tertiary/aromatic N) is 1. The summed E-state index contributed by atoms with van der Waals surface area (Å²) in [5, 5.41) is 1.09. The van der Waals surface area contributed by atoms with Crippen LogP contribution in [0, 0.1) is 0 Å². The van der Waals surface area contributed by atoms with Crippen LogP contribution in [-0.2, 0) is 9.47 Å². The molecule has 0 bridgehead atoms. The van der Waals surface area contributed by atoms with Gasteiger partial charge >= 0.3 is 12.2 Å². The molecule has 1 aromatic rings. The van der Waals surface area contributed by atoms with E-state index in [0.717, 1.165) is 35.6 Å². The van der Waals surface area contributed by atoms with Gasteiger partial charge in [-0.25, -0.2) is 15.0 Å². The zero-order chi connectivity index (χ0) is 17.8. The van der Waals surface area contributed by atoms with Gasteiger partial charge in [0.05, 0.1) is 18.9 Å². The number of nitrogens with one attached hydrogen (secondary N) is 1. The van der Waals surface area contributed by atoms with E-state index in [2.05, 4.69) is 5.43 Å². The number of amides is 2. The molecule has 0 heterocycles. The van der Waals surface area contributed by atoms with Crippen molar-refractivity contribution in [3.05, 3.63) is 24.3 Å². The normalized spacial score (nSPS) is 10.1. The number of rotatable bonds is 8. The lowest BCUT2D eigenvalue weighted by Gasteiger charge is -2.22. The highest BCUT2D eigenvalue weighted by atomic mass is 32.2. The summed E-state index contributed by atoms with van der Waals surface area (Å²) in [6, 6.07) is 7.27. The quantitative estimate of drug-likeness (QED) is 0.420. The summed E-state index contributed by atoms with van der Waals surface area (Å²) in [6.07, 6.45) is 4.02. The van der Waals surface area contributed by atoms with Gasteiger partial charge in [0.2, 0.25) is 0 Å². The highest BCUT2D eigenvalue weighted by Crippen LogP contribution is 2.22. The first-order valence-corrected chi connectivity index (χ1v) is 9.39. The molecule has 134 valence electrons. The van der Waals surface area contributed by atoms with Gasteiger partial charge in [-0.15, -0.1) is 11.8 Å². The van der Waals surface area contributed by atoms with Crippen molar-refractivity contribution >= 4 is 29.6 Å². The summed E-state index contributed by atoms with van der Waals surface area (Å²) in [6.45, 7) is 4.63. The van der Waals surface area contributed by atoms with E-state index in [9.17, 15) is 9.59 Å². The van der Waals surface area contributed by atoms with E-state index in [-0.39, 0.29) is 0 Å². The number of carbonyl (C=O) groups excluding carboxylic acids is 2. The van der Waals surface area contributed by atoms with Crippen molar-refractivity contribution in [3.8, 4) is 0 Å². The van der Waals surface area contributed by atoms with Crippen LogP contribution >= 0.6 is 11.8 Å². The monoisotopic (exact) mass is 354 g/mol. The Morgan fingerprint density at radius 2 is 1.79 bits per heavy atom. The third-order valence-corrected chi connectivity index (χ3v) is 3.88. The number of hydrazine groups is 1. The lowest BCUT2D eigenvalue weighted by Crippen LogP contribution is -2.47. The van der Waals surface area contributed by atoms with Gasteiger partial charge in [0.1, 0.15) is 0 Å². The van der Waals surface area contributed by atoms with Gasteiger partial charge in [0, 0.05) is 4.90 Å². The van der Waals surface area contributed by atoms with Crippen LogP contribution in [0.4, 0.5) is 15.3 Å².